The molecule has 1 aromatic heterocycles. The molecular formula is C15H25N3O3. The number of amides is 1. The second kappa shape index (κ2) is 9.15. The van der Waals surface area contributed by atoms with Gasteiger partial charge in [0.1, 0.15) is 0 Å². The van der Waals surface area contributed by atoms with E-state index >= 15 is 0 Å². The van der Waals surface area contributed by atoms with E-state index in [2.05, 4.69) is 16.6 Å². The van der Waals surface area contributed by atoms with E-state index in [9.17, 15) is 9.59 Å². The summed E-state index contributed by atoms with van der Waals surface area (Å²) >= 11 is 0. The molecule has 0 spiro atoms. The van der Waals surface area contributed by atoms with Crippen molar-refractivity contribution in [2.75, 3.05) is 20.2 Å². The lowest BCUT2D eigenvalue weighted by atomic mass is 10.1. The number of carbonyl (C=O) groups is 2. The monoisotopic (exact) mass is 295 g/mol. The van der Waals surface area contributed by atoms with E-state index in [1.807, 2.05) is 17.7 Å². The Hall–Kier alpha value is -1.85. The van der Waals surface area contributed by atoms with E-state index in [1.165, 1.54) is 7.11 Å². The van der Waals surface area contributed by atoms with Crippen LogP contribution in [0.2, 0.25) is 0 Å². The summed E-state index contributed by atoms with van der Waals surface area (Å²) in [5, 5.41) is 0. The minimum absolute atomic E-state index is 0.0635. The number of ether oxygens (including phenoxy) is 1. The Bertz CT molecular complexity index is 431. The van der Waals surface area contributed by atoms with Crippen molar-refractivity contribution < 1.29 is 14.3 Å². The minimum Gasteiger partial charge on any atom is -0.469 e. The third-order valence-electron chi connectivity index (χ3n) is 3.53. The summed E-state index contributed by atoms with van der Waals surface area (Å²) in [5.74, 6) is -0.227. The summed E-state index contributed by atoms with van der Waals surface area (Å²) in [6.45, 7) is 5.02. The lowest BCUT2D eigenvalue weighted by molar-refractivity contribution is -0.141. The fourth-order valence-corrected chi connectivity index (χ4v) is 2.29. The molecule has 1 amide bonds. The van der Waals surface area contributed by atoms with Gasteiger partial charge in [-0.05, 0) is 13.3 Å². The Morgan fingerprint density at radius 2 is 2.14 bits per heavy atom. The molecule has 1 unspecified atom stereocenters. The number of methoxy groups -OCH3 is 1. The SMILES string of the molecule is CCCC(CC(=O)N(CC)CCC(=O)OC)n1ccnc1. The van der Waals surface area contributed by atoms with Crippen LogP contribution in [0.5, 0.6) is 0 Å². The first-order valence-corrected chi connectivity index (χ1v) is 7.44. The standard InChI is InChI=1S/C15H25N3O3/c1-4-6-13(18-10-8-16-12-18)11-14(19)17(5-2)9-7-15(20)21-3/h8,10,12-13H,4-7,9,11H2,1-3H3. The molecule has 0 aliphatic rings. The number of carbonyl (C=O) groups excluding carboxylic acids is 2. The molecule has 0 saturated heterocycles. The van der Waals surface area contributed by atoms with Crippen LogP contribution in [0.15, 0.2) is 18.7 Å². The second-order valence-corrected chi connectivity index (χ2v) is 4.96. The number of aromatic nitrogens is 2. The number of imidazole rings is 1. The summed E-state index contributed by atoms with van der Waals surface area (Å²) in [4.78, 5) is 29.3. The van der Waals surface area contributed by atoms with Crippen molar-refractivity contribution in [2.45, 2.75) is 45.6 Å². The van der Waals surface area contributed by atoms with Gasteiger partial charge in [0.2, 0.25) is 5.91 Å². The summed E-state index contributed by atoms with van der Waals surface area (Å²) in [5.41, 5.74) is 0. The molecule has 1 rings (SSSR count). The number of esters is 1. The van der Waals surface area contributed by atoms with E-state index in [4.69, 9.17) is 0 Å². The van der Waals surface area contributed by atoms with Gasteiger partial charge in [-0.25, -0.2) is 4.98 Å². The van der Waals surface area contributed by atoms with Crippen LogP contribution in [0, 0.1) is 0 Å². The van der Waals surface area contributed by atoms with Crippen molar-refractivity contribution in [3.63, 3.8) is 0 Å². The maximum atomic E-state index is 12.4. The Morgan fingerprint density at radius 1 is 1.38 bits per heavy atom. The maximum Gasteiger partial charge on any atom is 0.307 e. The zero-order valence-electron chi connectivity index (χ0n) is 13.1. The third kappa shape index (κ3) is 5.57. The molecule has 6 nitrogen and oxygen atoms in total. The normalized spacial score (nSPS) is 12.0. The van der Waals surface area contributed by atoms with E-state index in [0.717, 1.165) is 12.8 Å². The van der Waals surface area contributed by atoms with E-state index < -0.39 is 0 Å². The predicted octanol–water partition coefficient (Wildman–Crippen LogP) is 2.03. The second-order valence-electron chi connectivity index (χ2n) is 4.96. The van der Waals surface area contributed by atoms with Crippen LogP contribution in [0.4, 0.5) is 0 Å². The Kier molecular flexibility index (Phi) is 7.50. The Labute approximate surface area is 126 Å². The van der Waals surface area contributed by atoms with Crippen LogP contribution in [0.3, 0.4) is 0 Å². The highest BCUT2D eigenvalue weighted by Crippen LogP contribution is 2.19. The molecule has 0 fully saturated rings. The largest absolute Gasteiger partial charge is 0.469 e. The molecule has 1 heterocycles. The van der Waals surface area contributed by atoms with Gasteiger partial charge in [-0.3, -0.25) is 9.59 Å². The molecule has 6 heteroatoms. The molecule has 0 aromatic carbocycles. The average molecular weight is 295 g/mol. The van der Waals surface area contributed by atoms with Crippen LogP contribution >= 0.6 is 0 Å². The van der Waals surface area contributed by atoms with Crippen molar-refractivity contribution in [3.8, 4) is 0 Å². The maximum absolute atomic E-state index is 12.4. The summed E-state index contributed by atoms with van der Waals surface area (Å²) in [7, 11) is 1.36. The first-order chi connectivity index (χ1) is 10.1. The summed E-state index contributed by atoms with van der Waals surface area (Å²) in [6.07, 6.45) is 7.96. The van der Waals surface area contributed by atoms with Gasteiger partial charge in [0.05, 0.1) is 19.9 Å². The quantitative estimate of drug-likeness (QED) is 0.654. The highest BCUT2D eigenvalue weighted by molar-refractivity contribution is 5.77. The lowest BCUT2D eigenvalue weighted by Crippen LogP contribution is -2.34. The van der Waals surface area contributed by atoms with Crippen molar-refractivity contribution in [2.24, 2.45) is 0 Å². The molecule has 0 N–H and O–H groups in total. The van der Waals surface area contributed by atoms with Crippen LogP contribution in [-0.2, 0) is 14.3 Å². The topological polar surface area (TPSA) is 64.4 Å². The van der Waals surface area contributed by atoms with Gasteiger partial charge < -0.3 is 14.2 Å². The highest BCUT2D eigenvalue weighted by Gasteiger charge is 2.19. The molecule has 1 atom stereocenters. The summed E-state index contributed by atoms with van der Waals surface area (Å²) < 4.78 is 6.60. The van der Waals surface area contributed by atoms with Gasteiger partial charge in [0.15, 0.2) is 0 Å². The number of nitrogens with zero attached hydrogens (tertiary/aromatic N) is 3. The van der Waals surface area contributed by atoms with Gasteiger partial charge in [-0.2, -0.15) is 0 Å². The molecule has 0 aliphatic heterocycles. The first-order valence-electron chi connectivity index (χ1n) is 7.44. The fourth-order valence-electron chi connectivity index (χ4n) is 2.29. The molecular weight excluding hydrogens is 270 g/mol. The molecule has 0 bridgehead atoms. The van der Waals surface area contributed by atoms with Crippen LogP contribution in [0.25, 0.3) is 0 Å². The fraction of sp³-hybridized carbons (Fsp3) is 0.667. The first kappa shape index (κ1) is 17.2. The van der Waals surface area contributed by atoms with Gasteiger partial charge in [-0.15, -0.1) is 0 Å². The Morgan fingerprint density at radius 3 is 2.67 bits per heavy atom. The predicted molar refractivity (Wildman–Crippen MR) is 79.7 cm³/mol. The molecule has 118 valence electrons. The number of hydrogen-bond acceptors (Lipinski definition) is 4. The molecule has 21 heavy (non-hydrogen) atoms. The average Bonchev–Trinajstić information content (AvgIpc) is 3.01. The molecule has 0 aliphatic carbocycles. The van der Waals surface area contributed by atoms with Crippen molar-refractivity contribution in [1.29, 1.82) is 0 Å². The number of rotatable bonds is 9. The number of hydrogen-bond donors (Lipinski definition) is 0. The van der Waals surface area contributed by atoms with Gasteiger partial charge >= 0.3 is 5.97 Å². The Balaban J connectivity index is 2.59. The van der Waals surface area contributed by atoms with Crippen molar-refractivity contribution in [3.05, 3.63) is 18.7 Å². The third-order valence-corrected chi connectivity index (χ3v) is 3.53. The minimum atomic E-state index is -0.291. The highest BCUT2D eigenvalue weighted by atomic mass is 16.5. The smallest absolute Gasteiger partial charge is 0.307 e. The van der Waals surface area contributed by atoms with E-state index in [-0.39, 0.29) is 24.3 Å². The van der Waals surface area contributed by atoms with Gasteiger partial charge in [-0.1, -0.05) is 13.3 Å². The van der Waals surface area contributed by atoms with E-state index in [1.54, 1.807) is 17.4 Å². The molecule has 0 radical (unpaired) electrons. The lowest BCUT2D eigenvalue weighted by Gasteiger charge is -2.24. The van der Waals surface area contributed by atoms with E-state index in [0.29, 0.717) is 19.5 Å². The van der Waals surface area contributed by atoms with Gasteiger partial charge in [0, 0.05) is 37.9 Å². The van der Waals surface area contributed by atoms with Crippen molar-refractivity contribution >= 4 is 11.9 Å². The summed E-state index contributed by atoms with van der Waals surface area (Å²) in [6, 6.07) is 0.122. The van der Waals surface area contributed by atoms with Crippen LogP contribution in [-0.4, -0.2) is 46.5 Å². The van der Waals surface area contributed by atoms with Crippen molar-refractivity contribution in [1.82, 2.24) is 14.5 Å². The van der Waals surface area contributed by atoms with Crippen LogP contribution in [0.1, 0.15) is 45.6 Å². The zero-order valence-corrected chi connectivity index (χ0v) is 13.1. The van der Waals surface area contributed by atoms with Gasteiger partial charge in [0.25, 0.3) is 0 Å². The zero-order chi connectivity index (χ0) is 15.7. The molecule has 1 aromatic rings. The van der Waals surface area contributed by atoms with Crippen LogP contribution < -0.4 is 0 Å². The molecule has 0 saturated carbocycles.